The molecule has 0 amide bonds. The second-order valence-electron chi connectivity index (χ2n) is 5.08. The van der Waals surface area contributed by atoms with Crippen LogP contribution >= 0.6 is 0 Å². The van der Waals surface area contributed by atoms with Gasteiger partial charge in [0.25, 0.3) is 0 Å². The number of hydrogen-bond donors (Lipinski definition) is 1. The normalized spacial score (nSPS) is 13.4. The van der Waals surface area contributed by atoms with Crippen molar-refractivity contribution in [2.75, 3.05) is 6.54 Å². The van der Waals surface area contributed by atoms with Crippen molar-refractivity contribution in [3.63, 3.8) is 0 Å². The minimum absolute atomic E-state index is 0.359. The smallest absolute Gasteiger partial charge is 0.211 e. The van der Waals surface area contributed by atoms with Crippen LogP contribution in [-0.4, -0.2) is 15.0 Å². The van der Waals surface area contributed by atoms with Crippen LogP contribution in [0, 0.1) is 12.8 Å². The van der Waals surface area contributed by atoms with Crippen LogP contribution in [0.2, 0.25) is 0 Å². The fourth-order valence-electron chi connectivity index (χ4n) is 2.04. The van der Waals surface area contributed by atoms with Crippen LogP contribution < -0.4 is 4.72 Å². The molecule has 0 saturated heterocycles. The third kappa shape index (κ3) is 5.33. The number of rotatable bonds is 8. The summed E-state index contributed by atoms with van der Waals surface area (Å²) >= 11 is 0. The zero-order valence-electron chi connectivity index (χ0n) is 12.1. The van der Waals surface area contributed by atoms with E-state index in [-0.39, 0.29) is 0 Å². The van der Waals surface area contributed by atoms with Gasteiger partial charge in [0.2, 0.25) is 10.0 Å². The first-order chi connectivity index (χ1) is 8.99. The van der Waals surface area contributed by atoms with E-state index >= 15 is 0 Å². The van der Waals surface area contributed by atoms with Crippen molar-refractivity contribution in [2.24, 2.45) is 5.92 Å². The van der Waals surface area contributed by atoms with E-state index in [0.29, 0.717) is 17.4 Å². The van der Waals surface area contributed by atoms with Crippen LogP contribution in [0.15, 0.2) is 29.2 Å². The van der Waals surface area contributed by atoms with Crippen LogP contribution in [0.25, 0.3) is 0 Å². The molecule has 1 atom stereocenters. The second kappa shape index (κ2) is 7.65. The number of aryl methyl sites for hydroxylation is 1. The van der Waals surface area contributed by atoms with Gasteiger partial charge in [-0.15, -0.1) is 0 Å². The van der Waals surface area contributed by atoms with Crippen molar-refractivity contribution in [2.45, 2.75) is 51.3 Å². The van der Waals surface area contributed by atoms with Crippen molar-refractivity contribution < 1.29 is 8.42 Å². The molecular weight excluding hydrogens is 258 g/mol. The Labute approximate surface area is 117 Å². The Morgan fingerprint density at radius 1 is 1.26 bits per heavy atom. The van der Waals surface area contributed by atoms with E-state index in [1.165, 1.54) is 0 Å². The summed E-state index contributed by atoms with van der Waals surface area (Å²) in [6.45, 7) is 6.70. The highest BCUT2D eigenvalue weighted by molar-refractivity contribution is 7.89. The molecule has 4 heteroatoms. The summed E-state index contributed by atoms with van der Waals surface area (Å²) in [4.78, 5) is 0.359. The van der Waals surface area contributed by atoms with Gasteiger partial charge in [-0.05, 0) is 37.0 Å². The largest absolute Gasteiger partial charge is 0.240 e. The standard InChI is InChI=1S/C15H25NO2S/c1-4-6-9-14(5-2)12-16-19(17,18)15-10-7-8-13(3)11-15/h7-8,10-11,14,16H,4-6,9,12H2,1-3H3. The molecule has 0 fully saturated rings. The molecule has 1 N–H and O–H groups in total. The van der Waals surface area contributed by atoms with E-state index in [1.807, 2.05) is 13.0 Å². The number of sulfonamides is 1. The highest BCUT2D eigenvalue weighted by Gasteiger charge is 2.15. The van der Waals surface area contributed by atoms with Gasteiger partial charge in [-0.3, -0.25) is 0 Å². The zero-order valence-corrected chi connectivity index (χ0v) is 13.0. The van der Waals surface area contributed by atoms with Gasteiger partial charge >= 0.3 is 0 Å². The lowest BCUT2D eigenvalue weighted by Crippen LogP contribution is -2.29. The zero-order chi connectivity index (χ0) is 14.3. The summed E-state index contributed by atoms with van der Waals surface area (Å²) in [6.07, 6.45) is 4.41. The predicted molar refractivity (Wildman–Crippen MR) is 79.7 cm³/mol. The Hall–Kier alpha value is -0.870. The minimum atomic E-state index is -3.36. The summed E-state index contributed by atoms with van der Waals surface area (Å²) in [6, 6.07) is 7.02. The van der Waals surface area contributed by atoms with Crippen LogP contribution in [0.4, 0.5) is 0 Å². The number of unbranched alkanes of at least 4 members (excludes halogenated alkanes) is 1. The number of nitrogens with one attached hydrogen (secondary N) is 1. The van der Waals surface area contributed by atoms with E-state index in [1.54, 1.807) is 18.2 Å². The molecule has 108 valence electrons. The third-order valence-electron chi connectivity index (χ3n) is 3.41. The lowest BCUT2D eigenvalue weighted by Gasteiger charge is -2.15. The first-order valence-electron chi connectivity index (χ1n) is 7.06. The summed E-state index contributed by atoms with van der Waals surface area (Å²) in [7, 11) is -3.36. The Morgan fingerprint density at radius 2 is 2.00 bits per heavy atom. The highest BCUT2D eigenvalue weighted by atomic mass is 32.2. The number of hydrogen-bond acceptors (Lipinski definition) is 2. The van der Waals surface area contributed by atoms with E-state index in [2.05, 4.69) is 18.6 Å². The average Bonchev–Trinajstić information content (AvgIpc) is 2.39. The summed E-state index contributed by atoms with van der Waals surface area (Å²) < 4.78 is 27.1. The van der Waals surface area contributed by atoms with Crippen LogP contribution in [0.3, 0.4) is 0 Å². The maximum absolute atomic E-state index is 12.2. The first-order valence-corrected chi connectivity index (χ1v) is 8.54. The second-order valence-corrected chi connectivity index (χ2v) is 6.85. The molecule has 3 nitrogen and oxygen atoms in total. The molecule has 0 heterocycles. The van der Waals surface area contributed by atoms with Gasteiger partial charge in [-0.25, -0.2) is 13.1 Å². The Kier molecular flexibility index (Phi) is 6.52. The van der Waals surface area contributed by atoms with Crippen molar-refractivity contribution >= 4 is 10.0 Å². The van der Waals surface area contributed by atoms with E-state index in [0.717, 1.165) is 31.2 Å². The SMILES string of the molecule is CCCCC(CC)CNS(=O)(=O)c1cccc(C)c1. The molecule has 1 aromatic carbocycles. The Morgan fingerprint density at radius 3 is 2.58 bits per heavy atom. The van der Waals surface area contributed by atoms with Crippen LogP contribution in [-0.2, 0) is 10.0 Å². The van der Waals surface area contributed by atoms with Crippen LogP contribution in [0.5, 0.6) is 0 Å². The van der Waals surface area contributed by atoms with Crippen molar-refractivity contribution in [3.8, 4) is 0 Å². The van der Waals surface area contributed by atoms with Crippen LogP contribution in [0.1, 0.15) is 45.1 Å². The number of benzene rings is 1. The van der Waals surface area contributed by atoms with Gasteiger partial charge in [-0.1, -0.05) is 45.2 Å². The summed E-state index contributed by atoms with van der Waals surface area (Å²) in [5.74, 6) is 0.430. The maximum atomic E-state index is 12.2. The first kappa shape index (κ1) is 16.2. The molecule has 0 aliphatic carbocycles. The van der Waals surface area contributed by atoms with Gasteiger partial charge in [0.05, 0.1) is 4.90 Å². The molecular formula is C15H25NO2S. The molecule has 1 rings (SSSR count). The Balaban J connectivity index is 2.64. The lowest BCUT2D eigenvalue weighted by atomic mass is 10.00. The highest BCUT2D eigenvalue weighted by Crippen LogP contribution is 2.14. The average molecular weight is 283 g/mol. The molecule has 1 unspecified atom stereocenters. The summed E-state index contributed by atoms with van der Waals surface area (Å²) in [5.41, 5.74) is 0.959. The lowest BCUT2D eigenvalue weighted by molar-refractivity contribution is 0.443. The quantitative estimate of drug-likeness (QED) is 0.794. The Bertz CT molecular complexity index is 483. The molecule has 0 aromatic heterocycles. The van der Waals surface area contributed by atoms with Gasteiger partial charge in [0.1, 0.15) is 0 Å². The van der Waals surface area contributed by atoms with Gasteiger partial charge < -0.3 is 0 Å². The van der Waals surface area contributed by atoms with Crippen molar-refractivity contribution in [3.05, 3.63) is 29.8 Å². The molecule has 0 bridgehead atoms. The molecule has 0 aliphatic heterocycles. The molecule has 0 aliphatic rings. The minimum Gasteiger partial charge on any atom is -0.211 e. The third-order valence-corrected chi connectivity index (χ3v) is 4.83. The molecule has 1 aromatic rings. The van der Waals surface area contributed by atoms with E-state index < -0.39 is 10.0 Å². The van der Waals surface area contributed by atoms with E-state index in [4.69, 9.17) is 0 Å². The summed E-state index contributed by atoms with van der Waals surface area (Å²) in [5, 5.41) is 0. The molecule has 0 saturated carbocycles. The van der Waals surface area contributed by atoms with Gasteiger partial charge in [-0.2, -0.15) is 0 Å². The predicted octanol–water partition coefficient (Wildman–Crippen LogP) is 3.49. The fourth-order valence-corrected chi connectivity index (χ4v) is 3.26. The maximum Gasteiger partial charge on any atom is 0.240 e. The fraction of sp³-hybridized carbons (Fsp3) is 0.600. The van der Waals surface area contributed by atoms with Crippen molar-refractivity contribution in [1.82, 2.24) is 4.72 Å². The molecule has 0 spiro atoms. The monoisotopic (exact) mass is 283 g/mol. The molecule has 19 heavy (non-hydrogen) atoms. The van der Waals surface area contributed by atoms with E-state index in [9.17, 15) is 8.42 Å². The topological polar surface area (TPSA) is 46.2 Å². The van der Waals surface area contributed by atoms with Crippen molar-refractivity contribution in [1.29, 1.82) is 0 Å². The van der Waals surface area contributed by atoms with Gasteiger partial charge in [0, 0.05) is 6.54 Å². The molecule has 0 radical (unpaired) electrons. The van der Waals surface area contributed by atoms with Gasteiger partial charge in [0.15, 0.2) is 0 Å².